The smallest absolute Gasteiger partial charge is 0.0558 e. The summed E-state index contributed by atoms with van der Waals surface area (Å²) in [4.78, 5) is 1.79. The van der Waals surface area contributed by atoms with Crippen LogP contribution >= 0.6 is 0 Å². The minimum absolute atomic E-state index is 0.0694. The van der Waals surface area contributed by atoms with Crippen molar-refractivity contribution in [3.63, 3.8) is 0 Å². The highest BCUT2D eigenvalue weighted by molar-refractivity contribution is 5.86. The van der Waals surface area contributed by atoms with Gasteiger partial charge >= 0.3 is 0 Å². The molecule has 0 aliphatic carbocycles. The summed E-state index contributed by atoms with van der Waals surface area (Å²) in [5.41, 5.74) is 3.27. The molecule has 38 heavy (non-hydrogen) atoms. The lowest BCUT2D eigenvalue weighted by Gasteiger charge is -2.17. The molecule has 0 spiro atoms. The van der Waals surface area contributed by atoms with Crippen molar-refractivity contribution in [2.24, 2.45) is 0 Å². The molecule has 0 bridgehead atoms. The number of hydrogen-bond acceptors (Lipinski definition) is 4. The van der Waals surface area contributed by atoms with E-state index in [4.69, 9.17) is 15.3 Å². The van der Waals surface area contributed by atoms with Crippen LogP contribution in [0.1, 0.15) is 115 Å². The Kier molecular flexibility index (Phi) is 22.4. The Morgan fingerprint density at radius 3 is 1.53 bits per heavy atom. The van der Waals surface area contributed by atoms with Crippen molar-refractivity contribution in [1.82, 2.24) is 4.90 Å². The summed E-state index contributed by atoms with van der Waals surface area (Å²) >= 11 is 0. The van der Waals surface area contributed by atoms with Gasteiger partial charge in [-0.25, -0.2) is 0 Å². The number of hydrogen-bond donors (Lipinski definition) is 3. The van der Waals surface area contributed by atoms with Gasteiger partial charge in [0.05, 0.1) is 19.8 Å². The summed E-state index contributed by atoms with van der Waals surface area (Å²) in [6.07, 6.45) is 22.1. The molecule has 4 heteroatoms. The number of unbranched alkanes of at least 4 members (excludes halogenated alkanes) is 12. The van der Waals surface area contributed by atoms with Gasteiger partial charge in [-0.3, -0.25) is 4.90 Å². The molecule has 2 aromatic rings. The van der Waals surface area contributed by atoms with Gasteiger partial charge < -0.3 is 15.3 Å². The van der Waals surface area contributed by atoms with Gasteiger partial charge in [0.25, 0.3) is 0 Å². The molecular weight excluding hydrogens is 470 g/mol. The minimum Gasteiger partial charge on any atom is -0.395 e. The summed E-state index contributed by atoms with van der Waals surface area (Å²) < 4.78 is 0. The van der Waals surface area contributed by atoms with E-state index in [0.29, 0.717) is 19.6 Å². The molecule has 0 amide bonds. The Bertz CT molecular complexity index is 780. The average molecular weight is 530 g/mol. The van der Waals surface area contributed by atoms with Crippen molar-refractivity contribution in [2.75, 3.05) is 39.5 Å². The van der Waals surface area contributed by atoms with E-state index < -0.39 is 0 Å². The lowest BCUT2D eigenvalue weighted by Crippen LogP contribution is -2.32. The molecule has 0 heterocycles. The van der Waals surface area contributed by atoms with Crippen molar-refractivity contribution in [2.45, 2.75) is 117 Å². The molecule has 0 fully saturated rings. The molecule has 218 valence electrons. The van der Waals surface area contributed by atoms with Gasteiger partial charge in [0.2, 0.25) is 0 Å². The molecule has 3 N–H and O–H groups in total. The van der Waals surface area contributed by atoms with Gasteiger partial charge in [-0.1, -0.05) is 127 Å². The topological polar surface area (TPSA) is 63.9 Å². The molecule has 0 aliphatic heterocycles. The maximum absolute atomic E-state index is 8.48. The first-order chi connectivity index (χ1) is 18.7. The number of benzene rings is 2. The fraction of sp³-hybridized carbons (Fsp3) is 0.706. The first kappa shape index (κ1) is 34.6. The third-order valence-electron chi connectivity index (χ3n) is 7.47. The van der Waals surface area contributed by atoms with E-state index in [1.54, 1.807) is 16.0 Å². The molecule has 4 nitrogen and oxygen atoms in total. The Morgan fingerprint density at radius 2 is 1.00 bits per heavy atom. The van der Waals surface area contributed by atoms with Crippen molar-refractivity contribution < 1.29 is 15.3 Å². The zero-order valence-electron chi connectivity index (χ0n) is 24.8. The average Bonchev–Trinajstić information content (AvgIpc) is 2.93. The van der Waals surface area contributed by atoms with Crippen LogP contribution in [0.3, 0.4) is 0 Å². The molecule has 0 saturated heterocycles. The van der Waals surface area contributed by atoms with Crippen LogP contribution in [0.25, 0.3) is 10.8 Å². The molecule has 0 aliphatic rings. The Morgan fingerprint density at radius 1 is 0.526 bits per heavy atom. The number of aliphatic hydroxyl groups excluding tert-OH is 3. The zero-order chi connectivity index (χ0) is 27.7. The van der Waals surface area contributed by atoms with E-state index in [1.807, 2.05) is 0 Å². The van der Waals surface area contributed by atoms with Crippen LogP contribution in [0.5, 0.6) is 0 Å². The molecule has 0 unspecified atom stereocenters. The first-order valence-electron chi connectivity index (χ1n) is 15.8. The second-order valence-corrected chi connectivity index (χ2v) is 10.7. The van der Waals surface area contributed by atoms with E-state index in [2.05, 4.69) is 50.2 Å². The third-order valence-corrected chi connectivity index (χ3v) is 7.47. The number of fused-ring (bicyclic) bond motifs is 1. The predicted octanol–water partition coefficient (Wildman–Crippen LogP) is 7.69. The minimum atomic E-state index is 0.0694. The molecule has 2 rings (SSSR count). The SMILES string of the molecule is CCCCCCCCCc1ccc2ccccc2c1CCCCCCCCC.OCCN(CCO)CCO. The Hall–Kier alpha value is -1.46. The first-order valence-corrected chi connectivity index (χ1v) is 15.8. The monoisotopic (exact) mass is 529 g/mol. The van der Waals surface area contributed by atoms with E-state index in [0.717, 1.165) is 0 Å². The highest BCUT2D eigenvalue weighted by Gasteiger charge is 2.08. The van der Waals surface area contributed by atoms with Crippen LogP contribution in [0.15, 0.2) is 36.4 Å². The van der Waals surface area contributed by atoms with Gasteiger partial charge in [-0.15, -0.1) is 0 Å². The van der Waals surface area contributed by atoms with E-state index in [1.165, 1.54) is 114 Å². The summed E-state index contributed by atoms with van der Waals surface area (Å²) in [5, 5.41) is 28.4. The lowest BCUT2D eigenvalue weighted by atomic mass is 9.91. The van der Waals surface area contributed by atoms with Gasteiger partial charge in [0.1, 0.15) is 0 Å². The van der Waals surface area contributed by atoms with E-state index in [-0.39, 0.29) is 19.8 Å². The van der Waals surface area contributed by atoms with Crippen LogP contribution in [0.2, 0.25) is 0 Å². The number of rotatable bonds is 22. The predicted molar refractivity (Wildman–Crippen MR) is 165 cm³/mol. The summed E-state index contributed by atoms with van der Waals surface area (Å²) in [6, 6.07) is 13.8. The largest absolute Gasteiger partial charge is 0.395 e. The molecule has 0 saturated carbocycles. The standard InChI is InChI=1S/C28H44.C6H15NO3/c1-3-5-7-9-11-13-15-19-25-23-24-26-20-17-18-22-28(26)27(25)21-16-14-12-10-8-6-4-2;8-4-1-7(2-5-9)3-6-10/h17-18,20,22-24H,3-16,19,21H2,1-2H3;8-10H,1-6H2. The molecular formula is C34H59NO3. The van der Waals surface area contributed by atoms with Crippen LogP contribution in [-0.4, -0.2) is 59.7 Å². The highest BCUT2D eigenvalue weighted by Crippen LogP contribution is 2.26. The van der Waals surface area contributed by atoms with Crippen LogP contribution in [0.4, 0.5) is 0 Å². The maximum atomic E-state index is 8.48. The Balaban J connectivity index is 0.000000612. The number of aryl methyl sites for hydroxylation is 2. The van der Waals surface area contributed by atoms with Crippen LogP contribution in [-0.2, 0) is 12.8 Å². The summed E-state index contributed by atoms with van der Waals surface area (Å²) in [6.45, 7) is 6.35. The lowest BCUT2D eigenvalue weighted by molar-refractivity contribution is 0.136. The van der Waals surface area contributed by atoms with Crippen molar-refractivity contribution in [3.8, 4) is 0 Å². The molecule has 0 radical (unpaired) electrons. The van der Waals surface area contributed by atoms with Crippen molar-refractivity contribution >= 4 is 10.8 Å². The highest BCUT2D eigenvalue weighted by atomic mass is 16.3. The van der Waals surface area contributed by atoms with Crippen LogP contribution < -0.4 is 0 Å². The van der Waals surface area contributed by atoms with Gasteiger partial charge in [0, 0.05) is 19.6 Å². The van der Waals surface area contributed by atoms with Crippen LogP contribution in [0, 0.1) is 0 Å². The van der Waals surface area contributed by atoms with Gasteiger partial charge in [0.15, 0.2) is 0 Å². The fourth-order valence-electron chi connectivity index (χ4n) is 5.20. The molecule has 0 atom stereocenters. The maximum Gasteiger partial charge on any atom is 0.0558 e. The van der Waals surface area contributed by atoms with E-state index >= 15 is 0 Å². The van der Waals surface area contributed by atoms with Crippen molar-refractivity contribution in [3.05, 3.63) is 47.5 Å². The molecule has 0 aromatic heterocycles. The normalized spacial score (nSPS) is 11.2. The Labute approximate surface area is 234 Å². The van der Waals surface area contributed by atoms with Crippen molar-refractivity contribution in [1.29, 1.82) is 0 Å². The number of nitrogens with zero attached hydrogens (tertiary/aromatic N) is 1. The third kappa shape index (κ3) is 15.8. The summed E-state index contributed by atoms with van der Waals surface area (Å²) in [7, 11) is 0. The summed E-state index contributed by atoms with van der Waals surface area (Å²) in [5.74, 6) is 0. The molecule has 2 aromatic carbocycles. The second-order valence-electron chi connectivity index (χ2n) is 10.7. The zero-order valence-corrected chi connectivity index (χ0v) is 24.8. The van der Waals surface area contributed by atoms with Gasteiger partial charge in [-0.05, 0) is 47.6 Å². The van der Waals surface area contributed by atoms with E-state index in [9.17, 15) is 0 Å². The number of aliphatic hydroxyl groups is 3. The second kappa shape index (κ2) is 24.6. The fourth-order valence-corrected chi connectivity index (χ4v) is 5.20. The van der Waals surface area contributed by atoms with Gasteiger partial charge in [-0.2, -0.15) is 0 Å². The quantitative estimate of drug-likeness (QED) is 0.137.